The summed E-state index contributed by atoms with van der Waals surface area (Å²) in [5, 5.41) is 9.19. The van der Waals surface area contributed by atoms with Crippen LogP contribution in [-0.2, 0) is 32.0 Å². The lowest BCUT2D eigenvalue weighted by Gasteiger charge is -2.35. The molecule has 4 aliphatic rings. The predicted octanol–water partition coefficient (Wildman–Crippen LogP) is 11.2. The molecule has 0 bridgehead atoms. The summed E-state index contributed by atoms with van der Waals surface area (Å²) in [5.74, 6) is -5.25. The van der Waals surface area contributed by atoms with E-state index in [4.69, 9.17) is 21.3 Å². The molecule has 0 saturated carbocycles. The minimum absolute atomic E-state index is 0.225. The number of anilines is 3. The van der Waals surface area contributed by atoms with Crippen molar-refractivity contribution in [1.82, 2.24) is 20.2 Å². The predicted molar refractivity (Wildman–Crippen MR) is 302 cm³/mol. The summed E-state index contributed by atoms with van der Waals surface area (Å²) >= 11 is 0. The topological polar surface area (TPSA) is 130 Å². The number of nitrogens with one attached hydrogen (secondary N) is 1. The van der Waals surface area contributed by atoms with Crippen LogP contribution in [0.4, 0.5) is 39.1 Å². The number of piperazine rings is 1. The van der Waals surface area contributed by atoms with Gasteiger partial charge in [0.05, 0.1) is 5.69 Å². The molecule has 0 radical (unpaired) electrons. The van der Waals surface area contributed by atoms with Gasteiger partial charge in [-0.2, -0.15) is 0 Å². The van der Waals surface area contributed by atoms with E-state index >= 15 is 0 Å². The molecule has 78 heavy (non-hydrogen) atoms. The molecular formula is C61H82F5N7O5. The quantitative estimate of drug-likeness (QED) is 0.0224. The number of aldehydes is 2. The summed E-state index contributed by atoms with van der Waals surface area (Å²) in [4.78, 5) is 53.0. The monoisotopic (exact) mass is 1090 g/mol. The van der Waals surface area contributed by atoms with E-state index in [1.165, 1.54) is 84.0 Å². The number of fused-ring (bicyclic) bond motifs is 1. The third-order valence-electron chi connectivity index (χ3n) is 13.8. The van der Waals surface area contributed by atoms with Gasteiger partial charge in [-0.25, -0.2) is 32.4 Å². The number of rotatable bonds is 15. The molecule has 2 fully saturated rings. The molecule has 2 N–H and O–H groups in total. The molecule has 4 aromatic rings. The molecule has 12 nitrogen and oxygen atoms in total. The first-order valence-corrected chi connectivity index (χ1v) is 27.1. The van der Waals surface area contributed by atoms with E-state index in [2.05, 4.69) is 120 Å². The highest BCUT2D eigenvalue weighted by molar-refractivity contribution is 5.94. The first-order valence-electron chi connectivity index (χ1n) is 27.1. The average molecular weight is 1090 g/mol. The van der Waals surface area contributed by atoms with E-state index in [0.717, 1.165) is 83.9 Å². The van der Waals surface area contributed by atoms with E-state index in [9.17, 15) is 36.3 Å². The molecule has 0 spiro atoms. The molecule has 426 valence electrons. The van der Waals surface area contributed by atoms with E-state index < -0.39 is 34.6 Å². The number of halogens is 5. The number of nitrogens with zero attached hydrogens (tertiary/aromatic N) is 6. The van der Waals surface area contributed by atoms with Crippen LogP contribution >= 0.6 is 0 Å². The maximum Gasteiger partial charge on any atom is 0.290 e. The van der Waals surface area contributed by atoms with Crippen molar-refractivity contribution in [2.24, 2.45) is 5.92 Å². The Morgan fingerprint density at radius 3 is 2.01 bits per heavy atom. The Morgan fingerprint density at radius 2 is 1.47 bits per heavy atom. The number of unbranched alkanes of at least 4 members (excludes halogenated alkanes) is 2. The Labute approximate surface area is 460 Å². The number of Topliss-reactive ketones (excluding diaryl/α,β-unsaturated/α-hetero) is 1. The van der Waals surface area contributed by atoms with Crippen LogP contribution in [0.5, 0.6) is 0 Å². The second-order valence-corrected chi connectivity index (χ2v) is 20.0. The summed E-state index contributed by atoms with van der Waals surface area (Å²) in [7, 11) is 4.43. The van der Waals surface area contributed by atoms with Crippen molar-refractivity contribution in [2.45, 2.75) is 124 Å². The first kappa shape index (κ1) is 65.8. The largest absolute Gasteiger partial charge is 0.483 e. The van der Waals surface area contributed by atoms with Crippen LogP contribution in [0.15, 0.2) is 72.4 Å². The van der Waals surface area contributed by atoms with Gasteiger partial charge >= 0.3 is 0 Å². The van der Waals surface area contributed by atoms with E-state index in [0.29, 0.717) is 37.6 Å². The number of hydrogen-bond donors (Lipinski definition) is 2. The Hall–Kier alpha value is -6.48. The van der Waals surface area contributed by atoms with Crippen molar-refractivity contribution in [3.8, 4) is 12.3 Å². The fraction of sp³-hybridized carbons (Fsp3) is 0.492. The van der Waals surface area contributed by atoms with Gasteiger partial charge in [0.15, 0.2) is 23.3 Å². The van der Waals surface area contributed by atoms with Crippen molar-refractivity contribution in [3.63, 3.8) is 0 Å². The zero-order valence-corrected chi connectivity index (χ0v) is 47.0. The number of terminal acetylenes is 1. The molecule has 5 heterocycles. The fourth-order valence-corrected chi connectivity index (χ4v) is 9.31. The number of carbonyl (C=O) groups is 4. The van der Waals surface area contributed by atoms with Gasteiger partial charge in [0, 0.05) is 101 Å². The third kappa shape index (κ3) is 21.4. The fourth-order valence-electron chi connectivity index (χ4n) is 9.31. The molecule has 0 aliphatic carbocycles. The van der Waals surface area contributed by atoms with Gasteiger partial charge in [0.2, 0.25) is 11.6 Å². The number of likely N-dealkylation sites (tertiary alicyclic amines) is 1. The molecule has 0 amide bonds. The van der Waals surface area contributed by atoms with E-state index in [1.54, 1.807) is 0 Å². The molecule has 3 unspecified atom stereocenters. The van der Waals surface area contributed by atoms with Crippen LogP contribution in [-0.4, -0.2) is 117 Å². The number of benzene rings is 3. The third-order valence-corrected chi connectivity index (χ3v) is 13.8. The Morgan fingerprint density at radius 1 is 0.846 bits per heavy atom. The molecule has 8 rings (SSSR count). The second-order valence-electron chi connectivity index (χ2n) is 20.0. The van der Waals surface area contributed by atoms with Crippen LogP contribution in [0.1, 0.15) is 119 Å². The summed E-state index contributed by atoms with van der Waals surface area (Å²) in [5.41, 5.74) is 12.3. The summed E-state index contributed by atoms with van der Waals surface area (Å²) in [6, 6.07) is 22.6. The Bertz CT molecular complexity index is 2470. The van der Waals surface area contributed by atoms with Gasteiger partial charge in [-0.15, -0.1) is 6.42 Å². The molecule has 2 saturated heterocycles. The lowest BCUT2D eigenvalue weighted by molar-refractivity contribution is -0.123. The van der Waals surface area contributed by atoms with Crippen LogP contribution in [0.2, 0.25) is 0 Å². The number of aryl methyl sites for hydroxylation is 3. The lowest BCUT2D eigenvalue weighted by Crippen LogP contribution is -2.44. The number of ketones is 1. The standard InChI is InChI=1S/C35H53N7.C7H3F5.C7H8O2.C7H8.C4H8O.CH2O2/c1-6-29(25-40-15-13-28(24-40)9-11-32-12-10-30-8-7-14-39(5)35(30)36-32)31-21-33(41-18-16-38(4)17-19-41)23-34(22-31)42-27(3)20-26(2)37-42;1-2-3(8)5(10)7(12)6(11)4(2)9;1-2-7(9)5-3-4-6-8;1-7-5-3-2-4-6-7;1-2-3-4-5;2-1-3/h10,12,20-23,26,28-29,37H,6-9,11,13-19,24-25H2,1-5H3;1H3;1,6H,3-5H2;2-6H,1H3;4H,2-3H2,1H3;1H,(H,2,3). The number of hydrogen-bond acceptors (Lipinski definition) is 11. The Balaban J connectivity index is 0.000000357. The summed E-state index contributed by atoms with van der Waals surface area (Å²) in [6.45, 7) is 20.6. The Kier molecular flexibility index (Phi) is 29.6. The number of hydrazine groups is 1. The molecule has 3 aromatic carbocycles. The normalized spacial score (nSPS) is 17.0. The second kappa shape index (κ2) is 35.1. The minimum atomic E-state index is -2.13. The van der Waals surface area contributed by atoms with Crippen LogP contribution in [0, 0.1) is 61.2 Å². The first-order chi connectivity index (χ1) is 37.4. The van der Waals surface area contributed by atoms with E-state index in [-0.39, 0.29) is 12.3 Å². The van der Waals surface area contributed by atoms with Crippen molar-refractivity contribution < 1.29 is 46.2 Å². The zero-order valence-electron chi connectivity index (χ0n) is 47.0. The number of carbonyl (C=O) groups excluding carboxylic acids is 3. The van der Waals surface area contributed by atoms with Crippen molar-refractivity contribution in [1.29, 1.82) is 0 Å². The highest BCUT2D eigenvalue weighted by Gasteiger charge is 2.28. The van der Waals surface area contributed by atoms with Crippen molar-refractivity contribution >= 4 is 42.0 Å². The molecule has 4 aliphatic heterocycles. The van der Waals surface area contributed by atoms with Crippen LogP contribution in [0.25, 0.3) is 0 Å². The van der Waals surface area contributed by atoms with Gasteiger partial charge < -0.3 is 34.3 Å². The highest BCUT2D eigenvalue weighted by atomic mass is 19.2. The van der Waals surface area contributed by atoms with Gasteiger partial charge in [-0.1, -0.05) is 55.8 Å². The van der Waals surface area contributed by atoms with Crippen LogP contribution in [0.3, 0.4) is 0 Å². The highest BCUT2D eigenvalue weighted by Crippen LogP contribution is 2.35. The molecule has 1 aromatic heterocycles. The van der Waals surface area contributed by atoms with Gasteiger partial charge in [-0.3, -0.25) is 14.6 Å². The molecule has 3 atom stereocenters. The van der Waals surface area contributed by atoms with Crippen LogP contribution < -0.4 is 20.2 Å². The SMILES string of the molecule is C#CC(=O)CCCC=O.CCC(CN1CCC(CCc2ccc3c(n2)N(C)CCC3)C1)c1cc(N2CCN(C)CC2)cc(N2NC(C)C=C2C)c1.CCCC=O.Cc1c(F)c(F)c(F)c(F)c1F.Cc1ccccc1.O=CO. The molecule has 17 heteroatoms. The average Bonchev–Trinajstić information content (AvgIpc) is 4.07. The number of aromatic nitrogens is 1. The van der Waals surface area contributed by atoms with Gasteiger partial charge in [0.1, 0.15) is 18.4 Å². The van der Waals surface area contributed by atoms with Gasteiger partial charge in [-0.05, 0) is 152 Å². The van der Waals surface area contributed by atoms with Gasteiger partial charge in [0.25, 0.3) is 6.47 Å². The zero-order chi connectivity index (χ0) is 57.7. The minimum Gasteiger partial charge on any atom is -0.483 e. The van der Waals surface area contributed by atoms with E-state index in [1.807, 2.05) is 31.0 Å². The smallest absolute Gasteiger partial charge is 0.290 e. The number of likely N-dealkylation sites (N-methyl/N-ethyl adjacent to an activating group) is 1. The van der Waals surface area contributed by atoms with Crippen molar-refractivity contribution in [3.05, 3.63) is 129 Å². The van der Waals surface area contributed by atoms with Crippen molar-refractivity contribution in [2.75, 3.05) is 81.3 Å². The number of allylic oxidation sites excluding steroid dienone is 1. The number of pyridine rings is 1. The summed E-state index contributed by atoms with van der Waals surface area (Å²) < 4.78 is 61.6. The maximum absolute atomic E-state index is 12.4. The maximum atomic E-state index is 12.4. The molecular weight excluding hydrogens is 1010 g/mol. The lowest BCUT2D eigenvalue weighted by atomic mass is 9.94. The number of carboxylic acid groups (broad SMARTS) is 1. The summed E-state index contributed by atoms with van der Waals surface area (Å²) in [6.07, 6.45) is 19.1.